The number of rotatable bonds is 3. The Kier molecular flexibility index (Phi) is 4.26. The molecular weight excluding hydrogens is 232 g/mol. The Hall–Kier alpha value is -0.960. The van der Waals surface area contributed by atoms with Gasteiger partial charge in [-0.25, -0.2) is 0 Å². The van der Waals surface area contributed by atoms with E-state index in [1.807, 2.05) is 52.0 Å². The van der Waals surface area contributed by atoms with Crippen molar-refractivity contribution in [3.8, 4) is 0 Å². The molecule has 17 heavy (non-hydrogen) atoms. The molecular formula is C14H20O2S. The van der Waals surface area contributed by atoms with Gasteiger partial charge in [0, 0.05) is 10.3 Å². The predicted octanol–water partition coefficient (Wildman–Crippen LogP) is 3.11. The lowest BCUT2D eigenvalue weighted by atomic mass is 9.89. The zero-order chi connectivity index (χ0) is 13.2. The van der Waals surface area contributed by atoms with E-state index in [9.17, 15) is 9.00 Å². The van der Waals surface area contributed by atoms with Gasteiger partial charge in [-0.3, -0.25) is 9.00 Å². The number of carbonyl (C=O) groups is 1. The van der Waals surface area contributed by atoms with E-state index in [1.54, 1.807) is 6.92 Å². The molecule has 0 heterocycles. The van der Waals surface area contributed by atoms with Crippen molar-refractivity contribution >= 4 is 16.6 Å². The molecule has 0 saturated heterocycles. The van der Waals surface area contributed by atoms with Gasteiger partial charge in [-0.15, -0.1) is 0 Å². The second-order valence-corrected chi connectivity index (χ2v) is 7.14. The van der Waals surface area contributed by atoms with Gasteiger partial charge in [0.2, 0.25) is 0 Å². The first-order valence-electron chi connectivity index (χ1n) is 5.75. The topological polar surface area (TPSA) is 34.1 Å². The molecule has 0 saturated carbocycles. The molecule has 0 N–H and O–H groups in total. The molecule has 0 aliphatic carbocycles. The molecule has 0 aromatic heterocycles. The Morgan fingerprint density at radius 2 is 1.65 bits per heavy atom. The number of aryl methyl sites for hydroxylation is 1. The summed E-state index contributed by atoms with van der Waals surface area (Å²) in [5, 5.41) is -0.460. The van der Waals surface area contributed by atoms with Gasteiger partial charge in [-0.1, -0.05) is 38.5 Å². The normalized spacial score (nSPS) is 15.4. The van der Waals surface area contributed by atoms with Crippen LogP contribution >= 0.6 is 0 Å². The predicted molar refractivity (Wildman–Crippen MR) is 71.5 cm³/mol. The van der Waals surface area contributed by atoms with Crippen molar-refractivity contribution in [3.05, 3.63) is 29.8 Å². The van der Waals surface area contributed by atoms with Crippen LogP contribution in [-0.4, -0.2) is 15.2 Å². The maximum atomic E-state index is 12.2. The lowest BCUT2D eigenvalue weighted by Crippen LogP contribution is -2.33. The van der Waals surface area contributed by atoms with E-state index in [2.05, 4.69) is 0 Å². The molecule has 2 nitrogen and oxygen atoms in total. The summed E-state index contributed by atoms with van der Waals surface area (Å²) in [6, 6.07) is 7.50. The molecule has 94 valence electrons. The van der Waals surface area contributed by atoms with Crippen molar-refractivity contribution in [3.63, 3.8) is 0 Å². The first-order chi connectivity index (χ1) is 7.73. The van der Waals surface area contributed by atoms with Crippen LogP contribution in [0, 0.1) is 12.3 Å². The highest BCUT2D eigenvalue weighted by atomic mass is 32.2. The first-order valence-corrected chi connectivity index (χ1v) is 6.96. The van der Waals surface area contributed by atoms with Gasteiger partial charge in [0.15, 0.2) is 5.78 Å². The van der Waals surface area contributed by atoms with Gasteiger partial charge in [-0.05, 0) is 26.0 Å². The van der Waals surface area contributed by atoms with Crippen LogP contribution in [-0.2, 0) is 15.6 Å². The fraction of sp³-hybridized carbons (Fsp3) is 0.500. The molecule has 0 aliphatic rings. The zero-order valence-corrected chi connectivity index (χ0v) is 11.9. The summed E-state index contributed by atoms with van der Waals surface area (Å²) < 4.78 is 12.2. The fourth-order valence-corrected chi connectivity index (χ4v) is 2.94. The largest absolute Gasteiger partial charge is 0.298 e. The van der Waals surface area contributed by atoms with Crippen LogP contribution in [0.3, 0.4) is 0 Å². The Morgan fingerprint density at radius 3 is 2.06 bits per heavy atom. The number of hydrogen-bond donors (Lipinski definition) is 0. The van der Waals surface area contributed by atoms with E-state index in [4.69, 9.17) is 0 Å². The summed E-state index contributed by atoms with van der Waals surface area (Å²) in [5.74, 6) is 0.0383. The Balaban J connectivity index is 2.91. The van der Waals surface area contributed by atoms with E-state index in [0.29, 0.717) is 0 Å². The SMILES string of the molecule is Cc1ccc([S@](=O)[C@H](C)C(=O)C(C)(C)C)cc1. The minimum atomic E-state index is -1.26. The van der Waals surface area contributed by atoms with Crippen molar-refractivity contribution in [1.82, 2.24) is 0 Å². The summed E-state index contributed by atoms with van der Waals surface area (Å²) in [7, 11) is -1.26. The summed E-state index contributed by atoms with van der Waals surface area (Å²) in [5.41, 5.74) is 0.681. The number of Topliss-reactive ketones (excluding diaryl/α,β-unsaturated/α-hetero) is 1. The van der Waals surface area contributed by atoms with Gasteiger partial charge in [0.25, 0.3) is 0 Å². The molecule has 1 aromatic carbocycles. The zero-order valence-electron chi connectivity index (χ0n) is 11.1. The van der Waals surface area contributed by atoms with Crippen molar-refractivity contribution in [2.24, 2.45) is 5.41 Å². The average Bonchev–Trinajstić information content (AvgIpc) is 2.26. The fourth-order valence-electron chi connectivity index (χ4n) is 1.58. The second kappa shape index (κ2) is 5.13. The highest BCUT2D eigenvalue weighted by molar-refractivity contribution is 7.86. The summed E-state index contributed by atoms with van der Waals surface area (Å²) >= 11 is 0. The quantitative estimate of drug-likeness (QED) is 0.828. The highest BCUT2D eigenvalue weighted by Gasteiger charge is 2.30. The molecule has 0 spiro atoms. The molecule has 2 atom stereocenters. The Labute approximate surface area is 106 Å². The van der Waals surface area contributed by atoms with Crippen LogP contribution < -0.4 is 0 Å². The van der Waals surface area contributed by atoms with Crippen molar-refractivity contribution in [2.45, 2.75) is 44.8 Å². The van der Waals surface area contributed by atoms with Crippen LogP contribution in [0.15, 0.2) is 29.2 Å². The summed E-state index contributed by atoms with van der Waals surface area (Å²) in [6.07, 6.45) is 0. The molecule has 0 amide bonds. The van der Waals surface area contributed by atoms with Crippen LogP contribution in [0.25, 0.3) is 0 Å². The van der Waals surface area contributed by atoms with Gasteiger partial charge in [0.1, 0.15) is 0 Å². The maximum Gasteiger partial charge on any atom is 0.153 e. The van der Waals surface area contributed by atoms with Crippen LogP contribution in [0.2, 0.25) is 0 Å². The molecule has 0 bridgehead atoms. The summed E-state index contributed by atoms with van der Waals surface area (Å²) in [6.45, 7) is 9.30. The lowest BCUT2D eigenvalue weighted by molar-refractivity contribution is -0.125. The minimum absolute atomic E-state index is 0.0383. The minimum Gasteiger partial charge on any atom is -0.298 e. The van der Waals surface area contributed by atoms with E-state index >= 15 is 0 Å². The standard InChI is InChI=1S/C14H20O2S/c1-10-6-8-12(9-7-10)17(16)11(2)13(15)14(3,4)5/h6-9,11H,1-5H3/t11-,17-/m1/s1. The average molecular weight is 252 g/mol. The molecule has 1 rings (SSSR count). The van der Waals surface area contributed by atoms with Crippen molar-refractivity contribution in [2.75, 3.05) is 0 Å². The van der Waals surface area contributed by atoms with Crippen LogP contribution in [0.4, 0.5) is 0 Å². The van der Waals surface area contributed by atoms with Gasteiger partial charge in [0.05, 0.1) is 16.0 Å². The third kappa shape index (κ3) is 3.50. The monoisotopic (exact) mass is 252 g/mol. The highest BCUT2D eigenvalue weighted by Crippen LogP contribution is 2.22. The van der Waals surface area contributed by atoms with Gasteiger partial charge < -0.3 is 0 Å². The smallest absolute Gasteiger partial charge is 0.153 e. The van der Waals surface area contributed by atoms with Crippen LogP contribution in [0.1, 0.15) is 33.3 Å². The molecule has 0 fully saturated rings. The summed E-state index contributed by atoms with van der Waals surface area (Å²) in [4.78, 5) is 12.8. The third-order valence-corrected chi connectivity index (χ3v) is 4.28. The maximum absolute atomic E-state index is 12.2. The van der Waals surface area contributed by atoms with Crippen LogP contribution in [0.5, 0.6) is 0 Å². The van der Waals surface area contributed by atoms with Gasteiger partial charge in [-0.2, -0.15) is 0 Å². The number of carbonyl (C=O) groups excluding carboxylic acids is 1. The molecule has 3 heteroatoms. The van der Waals surface area contributed by atoms with Crippen molar-refractivity contribution < 1.29 is 9.00 Å². The molecule has 0 aliphatic heterocycles. The van der Waals surface area contributed by atoms with E-state index in [0.717, 1.165) is 10.5 Å². The van der Waals surface area contributed by atoms with E-state index in [1.165, 1.54) is 0 Å². The molecule has 1 aromatic rings. The number of benzene rings is 1. The Morgan fingerprint density at radius 1 is 1.18 bits per heavy atom. The Bertz CT molecular complexity index is 427. The molecule has 0 unspecified atom stereocenters. The van der Waals surface area contributed by atoms with Gasteiger partial charge >= 0.3 is 0 Å². The first kappa shape index (κ1) is 14.1. The van der Waals surface area contributed by atoms with E-state index < -0.39 is 21.5 Å². The lowest BCUT2D eigenvalue weighted by Gasteiger charge is -2.21. The van der Waals surface area contributed by atoms with E-state index in [-0.39, 0.29) is 5.78 Å². The molecule has 0 radical (unpaired) electrons. The van der Waals surface area contributed by atoms with Crippen molar-refractivity contribution in [1.29, 1.82) is 0 Å². The third-order valence-electron chi connectivity index (χ3n) is 2.68. The number of ketones is 1. The number of hydrogen-bond acceptors (Lipinski definition) is 2. The second-order valence-electron chi connectivity index (χ2n) is 5.37.